The Bertz CT molecular complexity index is 1130. The van der Waals surface area contributed by atoms with Crippen LogP contribution in [0.2, 0.25) is 10.0 Å². The summed E-state index contributed by atoms with van der Waals surface area (Å²) in [7, 11) is 2.89. The van der Waals surface area contributed by atoms with Gasteiger partial charge in [0.2, 0.25) is 5.95 Å². The number of aliphatic hydroxyl groups is 2. The number of benzene rings is 1. The van der Waals surface area contributed by atoms with Crippen LogP contribution in [0.3, 0.4) is 0 Å². The van der Waals surface area contributed by atoms with Gasteiger partial charge in [0, 0.05) is 36.2 Å². The highest BCUT2D eigenvalue weighted by Gasteiger charge is 2.21. The Labute approximate surface area is 169 Å². The normalized spacial score (nSPS) is 12.5. The van der Waals surface area contributed by atoms with Crippen LogP contribution in [-0.4, -0.2) is 48.2 Å². The van der Waals surface area contributed by atoms with Gasteiger partial charge in [-0.05, 0) is 12.1 Å². The van der Waals surface area contributed by atoms with E-state index in [9.17, 15) is 14.7 Å². The first-order valence-electron chi connectivity index (χ1n) is 8.38. The van der Waals surface area contributed by atoms with Gasteiger partial charge in [0.1, 0.15) is 0 Å². The molecule has 0 fully saturated rings. The second-order valence-electron chi connectivity index (χ2n) is 6.32. The molecule has 3 rings (SSSR count). The molecule has 11 heteroatoms. The number of aliphatic hydroxyl groups excluding tert-OH is 2. The molecule has 0 amide bonds. The molecule has 0 unspecified atom stereocenters. The minimum Gasteiger partial charge on any atom is -0.394 e. The van der Waals surface area contributed by atoms with Crippen LogP contribution >= 0.6 is 23.2 Å². The average molecular weight is 428 g/mol. The number of anilines is 1. The number of imidazole rings is 1. The third-order valence-electron chi connectivity index (χ3n) is 4.43. The largest absolute Gasteiger partial charge is 0.394 e. The number of hydrogen-bond acceptors (Lipinski definition) is 6. The van der Waals surface area contributed by atoms with Crippen molar-refractivity contribution in [1.29, 1.82) is 0 Å². The molecule has 0 saturated heterocycles. The van der Waals surface area contributed by atoms with Gasteiger partial charge in [-0.3, -0.25) is 18.5 Å². The molecule has 0 aliphatic carbocycles. The van der Waals surface area contributed by atoms with E-state index in [2.05, 4.69) is 10.3 Å². The molecule has 150 valence electrons. The lowest BCUT2D eigenvalue weighted by Gasteiger charge is -2.14. The predicted molar refractivity (Wildman–Crippen MR) is 107 cm³/mol. The van der Waals surface area contributed by atoms with E-state index in [-0.39, 0.29) is 30.2 Å². The Hall–Kier alpha value is -2.33. The highest BCUT2D eigenvalue weighted by atomic mass is 35.5. The van der Waals surface area contributed by atoms with Crippen molar-refractivity contribution in [2.75, 3.05) is 18.5 Å². The maximum Gasteiger partial charge on any atom is 0.332 e. The van der Waals surface area contributed by atoms with E-state index >= 15 is 0 Å². The quantitative estimate of drug-likeness (QED) is 0.529. The van der Waals surface area contributed by atoms with Crippen molar-refractivity contribution in [3.8, 4) is 0 Å². The molecule has 9 nitrogen and oxygen atoms in total. The standard InChI is InChI=1S/C17H19Cl2N5O4/c1-22-14-13(15(27)23(2)17(22)28)24(16(21-14)20-6-9(26)8-25)7-10-11(18)4-3-5-12(10)19/h3-5,9,25-26H,6-8H2,1-2H3,(H,20,21)/t9-/m0/s1. The number of fused-ring (bicyclic) bond motifs is 1. The summed E-state index contributed by atoms with van der Waals surface area (Å²) < 4.78 is 3.80. The van der Waals surface area contributed by atoms with Gasteiger partial charge in [0.15, 0.2) is 11.2 Å². The summed E-state index contributed by atoms with van der Waals surface area (Å²) >= 11 is 12.6. The molecule has 0 spiro atoms. The van der Waals surface area contributed by atoms with Gasteiger partial charge in [-0.2, -0.15) is 4.98 Å². The van der Waals surface area contributed by atoms with E-state index in [0.717, 1.165) is 4.57 Å². The van der Waals surface area contributed by atoms with Crippen molar-refractivity contribution in [1.82, 2.24) is 18.7 Å². The molecule has 0 aliphatic rings. The predicted octanol–water partition coefficient (Wildman–Crippen LogP) is 0.554. The Balaban J connectivity index is 2.25. The first-order chi connectivity index (χ1) is 13.3. The van der Waals surface area contributed by atoms with Crippen LogP contribution in [0.1, 0.15) is 5.56 Å². The van der Waals surface area contributed by atoms with Crippen molar-refractivity contribution in [2.24, 2.45) is 14.1 Å². The van der Waals surface area contributed by atoms with Crippen LogP contribution in [0.4, 0.5) is 5.95 Å². The zero-order valence-corrected chi connectivity index (χ0v) is 16.7. The van der Waals surface area contributed by atoms with E-state index in [0.29, 0.717) is 15.6 Å². The highest BCUT2D eigenvalue weighted by Crippen LogP contribution is 2.27. The zero-order valence-electron chi connectivity index (χ0n) is 15.2. The minimum absolute atomic E-state index is 0.00959. The number of halogens is 2. The van der Waals surface area contributed by atoms with Crippen molar-refractivity contribution in [3.63, 3.8) is 0 Å². The van der Waals surface area contributed by atoms with Crippen LogP contribution in [-0.2, 0) is 20.6 Å². The van der Waals surface area contributed by atoms with E-state index in [4.69, 9.17) is 28.3 Å². The van der Waals surface area contributed by atoms with Gasteiger partial charge in [-0.25, -0.2) is 4.79 Å². The molecule has 0 bridgehead atoms. The molecule has 2 heterocycles. The van der Waals surface area contributed by atoms with E-state index in [1.165, 1.54) is 18.7 Å². The Morgan fingerprint density at radius 2 is 1.82 bits per heavy atom. The third-order valence-corrected chi connectivity index (χ3v) is 5.14. The van der Waals surface area contributed by atoms with Crippen LogP contribution in [0.5, 0.6) is 0 Å². The lowest BCUT2D eigenvalue weighted by atomic mass is 10.2. The minimum atomic E-state index is -1.02. The molecule has 0 saturated carbocycles. The molecular weight excluding hydrogens is 409 g/mol. The summed E-state index contributed by atoms with van der Waals surface area (Å²) in [6.07, 6.45) is -1.02. The second-order valence-corrected chi connectivity index (χ2v) is 7.13. The Morgan fingerprint density at radius 1 is 1.18 bits per heavy atom. The van der Waals surface area contributed by atoms with Gasteiger partial charge >= 0.3 is 5.69 Å². The first kappa shape index (κ1) is 20.4. The van der Waals surface area contributed by atoms with Crippen LogP contribution in [0, 0.1) is 0 Å². The average Bonchev–Trinajstić information content (AvgIpc) is 3.04. The first-order valence-corrected chi connectivity index (χ1v) is 9.13. The van der Waals surface area contributed by atoms with Gasteiger partial charge < -0.3 is 15.5 Å². The number of aromatic nitrogens is 4. The molecule has 3 N–H and O–H groups in total. The van der Waals surface area contributed by atoms with Gasteiger partial charge in [-0.1, -0.05) is 29.3 Å². The SMILES string of the molecule is Cn1c(=O)c2c(nc(NC[C@H](O)CO)n2Cc2c(Cl)cccc2Cl)n(C)c1=O. The van der Waals surface area contributed by atoms with E-state index in [1.54, 1.807) is 22.8 Å². The fourth-order valence-electron chi connectivity index (χ4n) is 2.85. The van der Waals surface area contributed by atoms with E-state index in [1.807, 2.05) is 0 Å². The summed E-state index contributed by atoms with van der Waals surface area (Å²) in [6, 6.07) is 5.07. The summed E-state index contributed by atoms with van der Waals surface area (Å²) in [5.41, 5.74) is -0.102. The topological polar surface area (TPSA) is 114 Å². The zero-order chi connectivity index (χ0) is 20.6. The number of nitrogens with one attached hydrogen (secondary N) is 1. The maximum atomic E-state index is 12.8. The smallest absolute Gasteiger partial charge is 0.332 e. The Morgan fingerprint density at radius 3 is 2.43 bits per heavy atom. The van der Waals surface area contributed by atoms with Crippen LogP contribution in [0.25, 0.3) is 11.2 Å². The highest BCUT2D eigenvalue weighted by molar-refractivity contribution is 6.36. The van der Waals surface area contributed by atoms with Gasteiger partial charge in [-0.15, -0.1) is 0 Å². The molecule has 28 heavy (non-hydrogen) atoms. The Kier molecular flexibility index (Phi) is 5.80. The van der Waals surface area contributed by atoms with Crippen molar-refractivity contribution >= 4 is 40.3 Å². The van der Waals surface area contributed by atoms with E-state index < -0.39 is 24.0 Å². The van der Waals surface area contributed by atoms with Crippen LogP contribution < -0.4 is 16.6 Å². The molecule has 1 aromatic carbocycles. The van der Waals surface area contributed by atoms with Crippen molar-refractivity contribution in [2.45, 2.75) is 12.6 Å². The van der Waals surface area contributed by atoms with Gasteiger partial charge in [0.05, 0.1) is 19.3 Å². The fourth-order valence-corrected chi connectivity index (χ4v) is 3.37. The van der Waals surface area contributed by atoms with Gasteiger partial charge in [0.25, 0.3) is 5.56 Å². The van der Waals surface area contributed by atoms with Crippen molar-refractivity contribution < 1.29 is 10.2 Å². The summed E-state index contributed by atoms with van der Waals surface area (Å²) in [4.78, 5) is 29.4. The lowest BCUT2D eigenvalue weighted by Crippen LogP contribution is -2.37. The van der Waals surface area contributed by atoms with Crippen molar-refractivity contribution in [3.05, 3.63) is 54.6 Å². The fraction of sp³-hybridized carbons (Fsp3) is 0.353. The number of nitrogens with zero attached hydrogens (tertiary/aromatic N) is 4. The van der Waals surface area contributed by atoms with Crippen LogP contribution in [0.15, 0.2) is 27.8 Å². The summed E-state index contributed by atoms with van der Waals surface area (Å²) in [5.74, 6) is 0.233. The molecule has 2 aromatic heterocycles. The maximum absolute atomic E-state index is 12.8. The summed E-state index contributed by atoms with van der Waals surface area (Å²) in [5, 5.41) is 22.4. The molecule has 0 aliphatic heterocycles. The lowest BCUT2D eigenvalue weighted by molar-refractivity contribution is 0.105. The number of hydrogen-bond donors (Lipinski definition) is 3. The monoisotopic (exact) mass is 427 g/mol. The third kappa shape index (κ3) is 3.53. The summed E-state index contributed by atoms with van der Waals surface area (Å²) in [6.45, 7) is -0.339. The second kappa shape index (κ2) is 7.96. The molecule has 0 radical (unpaired) electrons. The molecule has 1 atom stereocenters. The number of aryl methyl sites for hydroxylation is 1. The number of rotatable bonds is 6. The molecule has 3 aromatic rings. The molecular formula is C17H19Cl2N5O4.